The number of nitrogens with two attached hydrogens (primary N) is 1. The van der Waals surface area contributed by atoms with E-state index in [0.29, 0.717) is 42.1 Å². The lowest BCUT2D eigenvalue weighted by Crippen LogP contribution is -2.46. The summed E-state index contributed by atoms with van der Waals surface area (Å²) in [6.07, 6.45) is 1.03. The van der Waals surface area contributed by atoms with Crippen molar-refractivity contribution >= 4 is 23.6 Å². The Kier molecular flexibility index (Phi) is 6.90. The van der Waals surface area contributed by atoms with E-state index in [1.807, 2.05) is 30.3 Å². The van der Waals surface area contributed by atoms with Crippen molar-refractivity contribution in [2.75, 3.05) is 13.1 Å². The Morgan fingerprint density at radius 3 is 2.54 bits per heavy atom. The third-order valence-electron chi connectivity index (χ3n) is 4.83. The van der Waals surface area contributed by atoms with Gasteiger partial charge < -0.3 is 20.7 Å². The quantitative estimate of drug-likeness (QED) is 0.804. The molecule has 1 heterocycles. The van der Waals surface area contributed by atoms with Crippen LogP contribution >= 0.6 is 11.6 Å². The maximum atomic E-state index is 12.6. The van der Waals surface area contributed by atoms with Crippen molar-refractivity contribution in [1.29, 1.82) is 0 Å². The summed E-state index contributed by atoms with van der Waals surface area (Å²) < 4.78 is 5.37. The highest BCUT2D eigenvalue weighted by Gasteiger charge is 2.25. The predicted octanol–water partition coefficient (Wildman–Crippen LogP) is 3.33. The molecule has 3 N–H and O–H groups in total. The molecule has 0 radical (unpaired) electrons. The Morgan fingerprint density at radius 2 is 1.86 bits per heavy atom. The lowest BCUT2D eigenvalue weighted by molar-refractivity contribution is 0.0809. The van der Waals surface area contributed by atoms with Crippen LogP contribution in [0, 0.1) is 0 Å². The number of halogens is 1. The third kappa shape index (κ3) is 5.24. The first kappa shape index (κ1) is 20.2. The maximum absolute atomic E-state index is 12.6. The van der Waals surface area contributed by atoms with Crippen LogP contribution in [0.4, 0.5) is 4.79 Å². The fraction of sp³-hybridized carbons (Fsp3) is 0.333. The number of carbonyl (C=O) groups is 2. The van der Waals surface area contributed by atoms with E-state index >= 15 is 0 Å². The standard InChI is InChI=1S/C21H24ClN3O3/c22-17-6-7-19(16(12-17)13-23)20(26)24-18-8-10-25(11-9-18)21(27)28-14-15-4-2-1-3-5-15/h1-7,12,18H,8-11,13-14,23H2,(H,24,26). The zero-order valence-electron chi connectivity index (χ0n) is 15.6. The molecule has 7 heteroatoms. The van der Waals surface area contributed by atoms with Gasteiger partial charge >= 0.3 is 6.09 Å². The molecule has 148 valence electrons. The van der Waals surface area contributed by atoms with Gasteiger partial charge in [0.2, 0.25) is 0 Å². The van der Waals surface area contributed by atoms with Gasteiger partial charge in [0, 0.05) is 36.3 Å². The molecule has 2 aromatic carbocycles. The number of hydrogen-bond acceptors (Lipinski definition) is 4. The molecule has 2 amide bonds. The SMILES string of the molecule is NCc1cc(Cl)ccc1C(=O)NC1CCN(C(=O)OCc2ccccc2)CC1. The van der Waals surface area contributed by atoms with E-state index in [1.54, 1.807) is 23.1 Å². The summed E-state index contributed by atoms with van der Waals surface area (Å²) in [6, 6.07) is 14.7. The van der Waals surface area contributed by atoms with Crippen molar-refractivity contribution < 1.29 is 14.3 Å². The summed E-state index contributed by atoms with van der Waals surface area (Å²) in [4.78, 5) is 26.5. The number of ether oxygens (including phenoxy) is 1. The predicted molar refractivity (Wildman–Crippen MR) is 108 cm³/mol. The first-order valence-corrected chi connectivity index (χ1v) is 9.69. The lowest BCUT2D eigenvalue weighted by atomic mass is 10.0. The van der Waals surface area contributed by atoms with Crippen molar-refractivity contribution in [2.45, 2.75) is 32.0 Å². The van der Waals surface area contributed by atoms with E-state index in [-0.39, 0.29) is 31.2 Å². The number of carbonyl (C=O) groups excluding carboxylic acids is 2. The Morgan fingerprint density at radius 1 is 1.14 bits per heavy atom. The van der Waals surface area contributed by atoms with Gasteiger partial charge in [-0.25, -0.2) is 4.79 Å². The average Bonchev–Trinajstić information content (AvgIpc) is 2.73. The summed E-state index contributed by atoms with van der Waals surface area (Å²) in [6.45, 7) is 1.59. The molecule has 0 aliphatic carbocycles. The monoisotopic (exact) mass is 401 g/mol. The maximum Gasteiger partial charge on any atom is 0.410 e. The number of piperidine rings is 1. The zero-order valence-corrected chi connectivity index (χ0v) is 16.3. The highest BCUT2D eigenvalue weighted by molar-refractivity contribution is 6.30. The number of rotatable bonds is 5. The number of likely N-dealkylation sites (tertiary alicyclic amines) is 1. The molecule has 1 saturated heterocycles. The molecule has 3 rings (SSSR count). The van der Waals surface area contributed by atoms with E-state index < -0.39 is 0 Å². The summed E-state index contributed by atoms with van der Waals surface area (Å²) in [5, 5.41) is 3.59. The Labute approximate surface area is 169 Å². The van der Waals surface area contributed by atoms with Crippen LogP contribution in [-0.4, -0.2) is 36.0 Å². The van der Waals surface area contributed by atoms with Crippen LogP contribution < -0.4 is 11.1 Å². The molecular formula is C21H24ClN3O3. The second-order valence-corrected chi connectivity index (χ2v) is 7.22. The summed E-state index contributed by atoms with van der Waals surface area (Å²) >= 11 is 5.97. The van der Waals surface area contributed by atoms with Crippen molar-refractivity contribution in [3.63, 3.8) is 0 Å². The largest absolute Gasteiger partial charge is 0.445 e. The van der Waals surface area contributed by atoms with Crippen molar-refractivity contribution in [2.24, 2.45) is 5.73 Å². The second kappa shape index (κ2) is 9.57. The van der Waals surface area contributed by atoms with Crippen LogP contribution in [0.2, 0.25) is 5.02 Å². The number of nitrogens with one attached hydrogen (secondary N) is 1. The minimum atomic E-state index is -0.322. The molecule has 0 saturated carbocycles. The third-order valence-corrected chi connectivity index (χ3v) is 5.06. The Balaban J connectivity index is 1.47. The van der Waals surface area contributed by atoms with E-state index in [4.69, 9.17) is 22.1 Å². The fourth-order valence-electron chi connectivity index (χ4n) is 3.23. The molecule has 0 spiro atoms. The normalized spacial score (nSPS) is 14.6. The number of benzene rings is 2. The zero-order chi connectivity index (χ0) is 19.9. The van der Waals surface area contributed by atoms with E-state index in [1.165, 1.54) is 0 Å². The van der Waals surface area contributed by atoms with Gasteiger partial charge in [0.05, 0.1) is 0 Å². The van der Waals surface area contributed by atoms with Crippen LogP contribution in [0.15, 0.2) is 48.5 Å². The molecular weight excluding hydrogens is 378 g/mol. The average molecular weight is 402 g/mol. The highest BCUT2D eigenvalue weighted by Crippen LogP contribution is 2.18. The van der Waals surface area contributed by atoms with Gasteiger partial charge in [0.25, 0.3) is 5.91 Å². The van der Waals surface area contributed by atoms with Gasteiger partial charge in [-0.2, -0.15) is 0 Å². The van der Waals surface area contributed by atoms with Gasteiger partial charge in [0.15, 0.2) is 0 Å². The Bertz CT molecular complexity index is 821. The molecule has 28 heavy (non-hydrogen) atoms. The summed E-state index contributed by atoms with van der Waals surface area (Å²) in [7, 11) is 0. The minimum absolute atomic E-state index is 0.00646. The van der Waals surface area contributed by atoms with E-state index in [2.05, 4.69) is 5.32 Å². The van der Waals surface area contributed by atoms with Crippen molar-refractivity contribution in [3.8, 4) is 0 Å². The number of amides is 2. The van der Waals surface area contributed by atoms with Crippen LogP contribution in [-0.2, 0) is 17.9 Å². The first-order chi connectivity index (χ1) is 13.6. The summed E-state index contributed by atoms with van der Waals surface area (Å²) in [5.41, 5.74) is 7.92. The number of hydrogen-bond donors (Lipinski definition) is 2. The van der Waals surface area contributed by atoms with Gasteiger partial charge in [-0.3, -0.25) is 4.79 Å². The highest BCUT2D eigenvalue weighted by atomic mass is 35.5. The molecule has 0 atom stereocenters. The van der Waals surface area contributed by atoms with Gasteiger partial charge in [0.1, 0.15) is 6.61 Å². The molecule has 2 aromatic rings. The lowest BCUT2D eigenvalue weighted by Gasteiger charge is -2.31. The fourth-order valence-corrected chi connectivity index (χ4v) is 3.43. The van der Waals surface area contributed by atoms with Crippen LogP contribution in [0.3, 0.4) is 0 Å². The van der Waals surface area contributed by atoms with Crippen molar-refractivity contribution in [3.05, 3.63) is 70.2 Å². The smallest absolute Gasteiger partial charge is 0.410 e. The topological polar surface area (TPSA) is 84.7 Å². The second-order valence-electron chi connectivity index (χ2n) is 6.78. The molecule has 1 aliphatic heterocycles. The van der Waals surface area contributed by atoms with Crippen LogP contribution in [0.1, 0.15) is 34.3 Å². The van der Waals surface area contributed by atoms with Gasteiger partial charge in [-0.1, -0.05) is 41.9 Å². The van der Waals surface area contributed by atoms with E-state index in [9.17, 15) is 9.59 Å². The molecule has 6 nitrogen and oxygen atoms in total. The Hall–Kier alpha value is -2.57. The molecule has 0 unspecified atom stereocenters. The number of nitrogens with zero attached hydrogens (tertiary/aromatic N) is 1. The molecule has 0 bridgehead atoms. The van der Waals surface area contributed by atoms with Crippen molar-refractivity contribution in [1.82, 2.24) is 10.2 Å². The molecule has 0 aromatic heterocycles. The van der Waals surface area contributed by atoms with Crippen LogP contribution in [0.5, 0.6) is 0 Å². The van der Waals surface area contributed by atoms with Gasteiger partial charge in [-0.15, -0.1) is 0 Å². The first-order valence-electron chi connectivity index (χ1n) is 9.32. The minimum Gasteiger partial charge on any atom is -0.445 e. The van der Waals surface area contributed by atoms with E-state index in [0.717, 1.165) is 5.56 Å². The molecule has 1 fully saturated rings. The van der Waals surface area contributed by atoms with Crippen LogP contribution in [0.25, 0.3) is 0 Å². The van der Waals surface area contributed by atoms with Gasteiger partial charge in [-0.05, 0) is 42.2 Å². The summed E-state index contributed by atoms with van der Waals surface area (Å²) in [5.74, 6) is -0.165. The molecule has 1 aliphatic rings.